The number of carbonyl (C=O) groups is 1. The van der Waals surface area contributed by atoms with Gasteiger partial charge in [0.25, 0.3) is 0 Å². The Morgan fingerprint density at radius 1 is 1.62 bits per heavy atom. The smallest absolute Gasteiger partial charge is 0.312 e. The van der Waals surface area contributed by atoms with Crippen molar-refractivity contribution in [2.45, 2.75) is 13.5 Å². The van der Waals surface area contributed by atoms with E-state index in [1.54, 1.807) is 6.55 Å². The molecule has 0 saturated carbocycles. The molecule has 1 rings (SSSR count). The molecule has 0 aliphatic heterocycles. The van der Waals surface area contributed by atoms with Crippen LogP contribution in [0.25, 0.3) is 0 Å². The number of hydrogen-bond acceptors (Lipinski definition) is 3. The number of nitrogens with zero attached hydrogens (tertiary/aromatic N) is 1. The summed E-state index contributed by atoms with van der Waals surface area (Å²) in [5.41, 5.74) is -0.476. The Morgan fingerprint density at radius 3 is 2.69 bits per heavy atom. The van der Waals surface area contributed by atoms with Gasteiger partial charge in [0.15, 0.2) is 0 Å². The fourth-order valence-electron chi connectivity index (χ4n) is 0.631. The maximum absolute atomic E-state index is 10.6. The minimum atomic E-state index is -0.476. The topological polar surface area (TPSA) is 74.8 Å². The van der Waals surface area contributed by atoms with Gasteiger partial charge in [0.1, 0.15) is 5.82 Å². The Kier molecular flexibility index (Phi) is 5.45. The first kappa shape index (κ1) is 11.6. The van der Waals surface area contributed by atoms with Crippen molar-refractivity contribution in [2.24, 2.45) is 0 Å². The Hall–Kier alpha value is -1.43. The van der Waals surface area contributed by atoms with Crippen molar-refractivity contribution in [3.8, 4) is 0 Å². The molecule has 0 atom stereocenters. The molecule has 13 heavy (non-hydrogen) atoms. The van der Waals surface area contributed by atoms with E-state index in [9.17, 15) is 9.59 Å². The third-order valence-electron chi connectivity index (χ3n) is 0.985. The molecule has 6 heteroatoms. The summed E-state index contributed by atoms with van der Waals surface area (Å²) in [6, 6.07) is 1.50. The van der Waals surface area contributed by atoms with Crippen molar-refractivity contribution in [2.75, 3.05) is 5.32 Å². The molecule has 1 amide bonds. The van der Waals surface area contributed by atoms with Gasteiger partial charge in [0.05, 0.1) is 0 Å². The zero-order valence-corrected chi connectivity index (χ0v) is 8.42. The zero-order valence-electron chi connectivity index (χ0n) is 7.42. The van der Waals surface area contributed by atoms with Gasteiger partial charge < -0.3 is 5.32 Å². The largest absolute Gasteiger partial charge is 0.346 e. The summed E-state index contributed by atoms with van der Waals surface area (Å²) in [5.74, 6) is 0.129. The molecule has 0 aliphatic carbocycles. The number of aromatic nitrogens is 2. The first-order valence-corrected chi connectivity index (χ1v) is 4.51. The standard InChI is InChI=1S/C6H7N3O2.CH3Si/c1-4(10)8-5-2-3-7-6(11)9-5;1-2/h2-3H,1H3,(H2,7,8,9,10,11);1H3. The minimum Gasteiger partial charge on any atom is -0.312 e. The monoisotopic (exact) mass is 196 g/mol. The highest BCUT2D eigenvalue weighted by Gasteiger charge is 1.93. The van der Waals surface area contributed by atoms with Gasteiger partial charge in [-0.15, -0.1) is 0 Å². The van der Waals surface area contributed by atoms with Crippen LogP contribution in [0.3, 0.4) is 0 Å². The molecule has 0 aliphatic rings. The highest BCUT2D eigenvalue weighted by Crippen LogP contribution is 1.93. The molecule has 2 N–H and O–H groups in total. The molecule has 3 radical (unpaired) electrons. The zero-order chi connectivity index (χ0) is 10.3. The van der Waals surface area contributed by atoms with Crippen LogP contribution in [0, 0.1) is 0 Å². The first-order chi connectivity index (χ1) is 6.18. The molecule has 5 nitrogen and oxygen atoms in total. The van der Waals surface area contributed by atoms with Gasteiger partial charge in [-0.1, -0.05) is 6.55 Å². The van der Waals surface area contributed by atoms with Crippen molar-refractivity contribution in [1.29, 1.82) is 0 Å². The number of H-pyrrole nitrogens is 1. The van der Waals surface area contributed by atoms with E-state index in [1.165, 1.54) is 19.2 Å². The van der Waals surface area contributed by atoms with Crippen molar-refractivity contribution in [1.82, 2.24) is 9.97 Å². The lowest BCUT2D eigenvalue weighted by Crippen LogP contribution is -2.14. The van der Waals surface area contributed by atoms with Crippen molar-refractivity contribution in [3.05, 3.63) is 22.7 Å². The predicted octanol–water partition coefficient (Wildman–Crippen LogP) is -0.0687. The Balaban J connectivity index is 0.000000671. The molecule has 0 spiro atoms. The van der Waals surface area contributed by atoms with E-state index in [-0.39, 0.29) is 5.91 Å². The van der Waals surface area contributed by atoms with Gasteiger partial charge in [0.2, 0.25) is 5.91 Å². The van der Waals surface area contributed by atoms with E-state index in [2.05, 4.69) is 25.5 Å². The van der Waals surface area contributed by atoms with E-state index in [0.717, 1.165) is 0 Å². The third-order valence-corrected chi connectivity index (χ3v) is 0.985. The molecule has 0 aromatic carbocycles. The molecule has 0 bridgehead atoms. The van der Waals surface area contributed by atoms with Crippen LogP contribution in [0.4, 0.5) is 5.82 Å². The third kappa shape index (κ3) is 4.91. The van der Waals surface area contributed by atoms with Gasteiger partial charge in [-0.3, -0.25) is 9.78 Å². The summed E-state index contributed by atoms with van der Waals surface area (Å²) < 4.78 is 0. The fourth-order valence-corrected chi connectivity index (χ4v) is 0.631. The van der Waals surface area contributed by atoms with E-state index < -0.39 is 5.69 Å². The number of rotatable bonds is 1. The molecule has 0 fully saturated rings. The van der Waals surface area contributed by atoms with Crippen LogP contribution >= 0.6 is 0 Å². The Morgan fingerprint density at radius 2 is 2.23 bits per heavy atom. The Bertz CT molecular complexity index is 324. The van der Waals surface area contributed by atoms with E-state index in [1.807, 2.05) is 0 Å². The van der Waals surface area contributed by atoms with E-state index >= 15 is 0 Å². The minimum absolute atomic E-state index is 0.230. The first-order valence-electron chi connectivity index (χ1n) is 3.51. The van der Waals surface area contributed by atoms with Gasteiger partial charge in [0, 0.05) is 23.4 Å². The lowest BCUT2D eigenvalue weighted by molar-refractivity contribution is -0.114. The summed E-state index contributed by atoms with van der Waals surface area (Å²) in [6.07, 6.45) is 1.32. The quantitative estimate of drug-likeness (QED) is 0.617. The van der Waals surface area contributed by atoms with Crippen LogP contribution in [0.1, 0.15) is 6.92 Å². The number of amides is 1. The van der Waals surface area contributed by atoms with Crippen LogP contribution in [0.2, 0.25) is 6.55 Å². The van der Waals surface area contributed by atoms with Crippen LogP contribution in [-0.2, 0) is 4.79 Å². The molecule has 1 aromatic heterocycles. The lowest BCUT2D eigenvalue weighted by atomic mass is 10.5. The number of anilines is 1. The average molecular weight is 196 g/mol. The molecule has 69 valence electrons. The summed E-state index contributed by atoms with van der Waals surface area (Å²) >= 11 is 0. The molecule has 0 unspecified atom stereocenters. The Labute approximate surface area is 79.0 Å². The molecule has 1 heterocycles. The number of carbonyl (C=O) groups excluding carboxylic acids is 1. The molecule has 1 aromatic rings. The van der Waals surface area contributed by atoms with Crippen molar-refractivity contribution in [3.63, 3.8) is 0 Å². The van der Waals surface area contributed by atoms with Crippen LogP contribution < -0.4 is 11.0 Å². The van der Waals surface area contributed by atoms with Gasteiger partial charge in [-0.25, -0.2) is 9.78 Å². The predicted molar refractivity (Wildman–Crippen MR) is 50.8 cm³/mol. The van der Waals surface area contributed by atoms with Gasteiger partial charge in [-0.2, -0.15) is 0 Å². The highest BCUT2D eigenvalue weighted by atomic mass is 28.1. The van der Waals surface area contributed by atoms with Crippen LogP contribution in [-0.4, -0.2) is 26.1 Å². The van der Waals surface area contributed by atoms with E-state index in [4.69, 9.17) is 0 Å². The number of aromatic amines is 1. The van der Waals surface area contributed by atoms with E-state index in [0.29, 0.717) is 5.82 Å². The molecular formula is C7H10N3O2Si. The maximum atomic E-state index is 10.6. The SMILES string of the molecule is CC(=O)Nc1ccnc(=O)[nH]1.C[Si]. The molecular weight excluding hydrogens is 186 g/mol. The second-order valence-electron chi connectivity index (χ2n) is 1.97. The summed E-state index contributed by atoms with van der Waals surface area (Å²) in [7, 11) is 2.97. The lowest BCUT2D eigenvalue weighted by Gasteiger charge is -1.97. The average Bonchev–Trinajstić information content (AvgIpc) is 2.06. The summed E-state index contributed by atoms with van der Waals surface area (Å²) in [4.78, 5) is 26.7. The van der Waals surface area contributed by atoms with Crippen molar-refractivity contribution < 1.29 is 4.79 Å². The number of hydrogen-bond donors (Lipinski definition) is 2. The fraction of sp³-hybridized carbons (Fsp3) is 0.286. The second kappa shape index (κ2) is 6.12. The summed E-state index contributed by atoms with van der Waals surface area (Å²) in [5, 5.41) is 2.41. The second-order valence-corrected chi connectivity index (χ2v) is 1.97. The van der Waals surface area contributed by atoms with Gasteiger partial charge in [-0.05, 0) is 6.07 Å². The number of nitrogens with one attached hydrogen (secondary N) is 2. The highest BCUT2D eigenvalue weighted by molar-refractivity contribution is 6.05. The van der Waals surface area contributed by atoms with Crippen LogP contribution in [0.5, 0.6) is 0 Å². The normalized spacial score (nSPS) is 8.23. The van der Waals surface area contributed by atoms with Gasteiger partial charge >= 0.3 is 5.69 Å². The maximum Gasteiger partial charge on any atom is 0.346 e. The molecule has 0 saturated heterocycles. The summed E-state index contributed by atoms with van der Waals surface area (Å²) in [6.45, 7) is 3.17. The van der Waals surface area contributed by atoms with Crippen LogP contribution in [0.15, 0.2) is 17.1 Å². The van der Waals surface area contributed by atoms with Crippen molar-refractivity contribution >= 4 is 22.0 Å².